The van der Waals surface area contributed by atoms with Crippen LogP contribution in [0.4, 0.5) is 15.9 Å². The molecule has 9 heteroatoms. The molecule has 0 unspecified atom stereocenters. The molecule has 106 valence electrons. The van der Waals surface area contributed by atoms with Crippen LogP contribution in [-0.2, 0) is 10.0 Å². The summed E-state index contributed by atoms with van der Waals surface area (Å²) < 4.78 is 40.5. The van der Waals surface area contributed by atoms with Crippen molar-refractivity contribution in [2.75, 3.05) is 10.5 Å². The molecule has 0 fully saturated rings. The van der Waals surface area contributed by atoms with Crippen molar-refractivity contribution in [2.45, 2.75) is 4.90 Å². The zero-order valence-electron chi connectivity index (χ0n) is 9.77. The number of sulfonamides is 1. The summed E-state index contributed by atoms with van der Waals surface area (Å²) in [4.78, 5) is 3.66. The van der Waals surface area contributed by atoms with Crippen LogP contribution in [0.5, 0.6) is 0 Å². The van der Waals surface area contributed by atoms with Gasteiger partial charge in [0.1, 0.15) is 10.7 Å². The van der Waals surface area contributed by atoms with Crippen LogP contribution in [0.2, 0.25) is 0 Å². The second-order valence-electron chi connectivity index (χ2n) is 3.74. The first kappa shape index (κ1) is 15.2. The van der Waals surface area contributed by atoms with Gasteiger partial charge in [-0.05, 0) is 56.1 Å². The fraction of sp³-hybridized carbons (Fsp3) is 0. The highest BCUT2D eigenvalue weighted by Crippen LogP contribution is 2.28. The zero-order chi connectivity index (χ0) is 14.9. The van der Waals surface area contributed by atoms with E-state index in [0.29, 0.717) is 4.47 Å². The first-order valence-corrected chi connectivity index (χ1v) is 8.26. The zero-order valence-corrected chi connectivity index (χ0v) is 13.8. The van der Waals surface area contributed by atoms with E-state index in [1.165, 1.54) is 6.20 Å². The van der Waals surface area contributed by atoms with Gasteiger partial charge in [0.05, 0.1) is 14.6 Å². The average Bonchev–Trinajstić information content (AvgIpc) is 2.36. The highest BCUT2D eigenvalue weighted by atomic mass is 79.9. The Morgan fingerprint density at radius 2 is 1.95 bits per heavy atom. The van der Waals surface area contributed by atoms with E-state index in [9.17, 15) is 12.8 Å². The lowest BCUT2D eigenvalue weighted by Gasteiger charge is -2.11. The third kappa shape index (κ3) is 3.10. The van der Waals surface area contributed by atoms with Crippen LogP contribution in [0.15, 0.2) is 44.3 Å². The van der Waals surface area contributed by atoms with Crippen LogP contribution in [0.1, 0.15) is 0 Å². The molecule has 0 saturated heterocycles. The summed E-state index contributed by atoms with van der Waals surface area (Å²) in [6, 6.07) is 5.31. The molecule has 5 nitrogen and oxygen atoms in total. The molecular formula is C11H8Br2FN3O2S. The third-order valence-electron chi connectivity index (χ3n) is 2.33. The maximum absolute atomic E-state index is 13.3. The van der Waals surface area contributed by atoms with Gasteiger partial charge in [0.25, 0.3) is 10.0 Å². The van der Waals surface area contributed by atoms with Gasteiger partial charge >= 0.3 is 0 Å². The Balaban J connectivity index is 2.47. The number of nitrogen functional groups attached to an aromatic ring is 1. The summed E-state index contributed by atoms with van der Waals surface area (Å²) in [6.07, 6.45) is 1.44. The Hall–Kier alpha value is -1.19. The minimum absolute atomic E-state index is 0.00663. The average molecular weight is 425 g/mol. The summed E-state index contributed by atoms with van der Waals surface area (Å²) in [5, 5.41) is 0. The lowest BCUT2D eigenvalue weighted by Crippen LogP contribution is -2.16. The SMILES string of the molecule is Nc1cc(F)c(Br)cc1S(=O)(=O)Nc1ncccc1Br. The van der Waals surface area contributed by atoms with E-state index in [1.807, 2.05) is 0 Å². The Morgan fingerprint density at radius 1 is 1.25 bits per heavy atom. The van der Waals surface area contributed by atoms with E-state index in [-0.39, 0.29) is 20.9 Å². The highest BCUT2D eigenvalue weighted by Gasteiger charge is 2.21. The number of nitrogens with one attached hydrogen (secondary N) is 1. The van der Waals surface area contributed by atoms with Gasteiger partial charge in [-0.1, -0.05) is 0 Å². The maximum atomic E-state index is 13.3. The lowest BCUT2D eigenvalue weighted by molar-refractivity contribution is 0.599. The van der Waals surface area contributed by atoms with Crippen molar-refractivity contribution in [3.63, 3.8) is 0 Å². The molecular weight excluding hydrogens is 417 g/mol. The molecule has 0 spiro atoms. The van der Waals surface area contributed by atoms with Crippen LogP contribution in [-0.4, -0.2) is 13.4 Å². The quantitative estimate of drug-likeness (QED) is 0.741. The molecule has 3 N–H and O–H groups in total. The number of anilines is 2. The van der Waals surface area contributed by atoms with Crippen molar-refractivity contribution in [3.05, 3.63) is 45.2 Å². The predicted octanol–water partition coefficient (Wildman–Crippen LogP) is 3.13. The van der Waals surface area contributed by atoms with Crippen LogP contribution in [0, 0.1) is 5.82 Å². The van der Waals surface area contributed by atoms with Gasteiger partial charge in [0, 0.05) is 6.20 Å². The van der Waals surface area contributed by atoms with Gasteiger partial charge in [0.15, 0.2) is 5.82 Å². The van der Waals surface area contributed by atoms with Gasteiger partial charge in [-0.25, -0.2) is 17.8 Å². The van der Waals surface area contributed by atoms with E-state index >= 15 is 0 Å². The van der Waals surface area contributed by atoms with Crippen molar-refractivity contribution in [1.82, 2.24) is 4.98 Å². The number of hydrogen-bond donors (Lipinski definition) is 2. The summed E-state index contributed by atoms with van der Waals surface area (Å²) >= 11 is 6.10. The molecule has 0 radical (unpaired) electrons. The van der Waals surface area contributed by atoms with Gasteiger partial charge < -0.3 is 5.73 Å². The number of pyridine rings is 1. The molecule has 20 heavy (non-hydrogen) atoms. The number of hydrogen-bond acceptors (Lipinski definition) is 4. The molecule has 0 saturated carbocycles. The van der Waals surface area contributed by atoms with E-state index in [1.54, 1.807) is 12.1 Å². The summed E-state index contributed by atoms with van der Waals surface area (Å²) in [6.45, 7) is 0. The number of halogens is 3. The summed E-state index contributed by atoms with van der Waals surface area (Å²) in [5.41, 5.74) is 5.37. The molecule has 0 atom stereocenters. The second kappa shape index (κ2) is 5.66. The lowest BCUT2D eigenvalue weighted by atomic mass is 10.3. The van der Waals surface area contributed by atoms with E-state index in [2.05, 4.69) is 41.6 Å². The Labute approximate surface area is 131 Å². The molecule has 2 aromatic rings. The van der Waals surface area contributed by atoms with Gasteiger partial charge in [-0.2, -0.15) is 0 Å². The fourth-order valence-corrected chi connectivity index (χ4v) is 3.57. The highest BCUT2D eigenvalue weighted by molar-refractivity contribution is 9.10. The first-order valence-electron chi connectivity index (χ1n) is 5.19. The molecule has 0 aliphatic carbocycles. The minimum Gasteiger partial charge on any atom is -0.398 e. The standard InChI is InChI=1S/C11H8Br2FN3O2S/c12-6-2-1-3-16-11(6)17-20(18,19)10-4-7(13)8(14)5-9(10)15/h1-5H,15H2,(H,16,17). The van der Waals surface area contributed by atoms with Gasteiger partial charge in [0.2, 0.25) is 0 Å². The molecule has 0 bridgehead atoms. The molecule has 0 amide bonds. The van der Waals surface area contributed by atoms with Crippen LogP contribution >= 0.6 is 31.9 Å². The van der Waals surface area contributed by atoms with Crippen molar-refractivity contribution < 1.29 is 12.8 Å². The number of benzene rings is 1. The number of aromatic nitrogens is 1. The number of nitrogens with zero attached hydrogens (tertiary/aromatic N) is 1. The summed E-state index contributed by atoms with van der Waals surface area (Å²) in [5.74, 6) is -0.521. The van der Waals surface area contributed by atoms with Crippen molar-refractivity contribution >= 4 is 53.4 Å². The molecule has 1 aromatic heterocycles. The molecule has 1 heterocycles. The topological polar surface area (TPSA) is 85.1 Å². The molecule has 1 aromatic carbocycles. The largest absolute Gasteiger partial charge is 0.398 e. The van der Waals surface area contributed by atoms with Crippen LogP contribution in [0.3, 0.4) is 0 Å². The Bertz CT molecular complexity index is 768. The molecule has 0 aliphatic rings. The van der Waals surface area contributed by atoms with E-state index < -0.39 is 15.8 Å². The van der Waals surface area contributed by atoms with Crippen molar-refractivity contribution in [1.29, 1.82) is 0 Å². The summed E-state index contributed by atoms with van der Waals surface area (Å²) in [7, 11) is -3.97. The first-order chi connectivity index (χ1) is 9.31. The number of rotatable bonds is 3. The van der Waals surface area contributed by atoms with Gasteiger partial charge in [-0.3, -0.25) is 4.72 Å². The maximum Gasteiger partial charge on any atom is 0.265 e. The molecule has 0 aliphatic heterocycles. The normalized spacial score (nSPS) is 11.3. The Kier molecular flexibility index (Phi) is 4.31. The smallest absolute Gasteiger partial charge is 0.265 e. The Morgan fingerprint density at radius 3 is 2.60 bits per heavy atom. The van der Waals surface area contributed by atoms with Crippen molar-refractivity contribution in [2.24, 2.45) is 0 Å². The second-order valence-corrected chi connectivity index (χ2v) is 7.10. The third-order valence-corrected chi connectivity index (χ3v) is 4.97. The monoisotopic (exact) mass is 423 g/mol. The number of nitrogens with two attached hydrogens (primary N) is 1. The van der Waals surface area contributed by atoms with E-state index in [0.717, 1.165) is 12.1 Å². The van der Waals surface area contributed by atoms with Crippen LogP contribution < -0.4 is 10.5 Å². The van der Waals surface area contributed by atoms with E-state index in [4.69, 9.17) is 5.73 Å². The fourth-order valence-electron chi connectivity index (χ4n) is 1.42. The minimum atomic E-state index is -3.97. The van der Waals surface area contributed by atoms with Crippen LogP contribution in [0.25, 0.3) is 0 Å². The predicted molar refractivity (Wildman–Crippen MR) is 81.3 cm³/mol. The van der Waals surface area contributed by atoms with Crippen molar-refractivity contribution in [3.8, 4) is 0 Å². The van der Waals surface area contributed by atoms with Gasteiger partial charge in [-0.15, -0.1) is 0 Å². The molecule has 2 rings (SSSR count).